The summed E-state index contributed by atoms with van der Waals surface area (Å²) < 4.78 is 12.0. The third-order valence-electron chi connectivity index (χ3n) is 1.36. The molecular weight excluding hydrogens is 185 g/mol. The maximum Gasteiger partial charge on any atom is 0.288 e. The van der Waals surface area contributed by atoms with E-state index in [1.54, 1.807) is 0 Å². The molecule has 0 fully saturated rings. The van der Waals surface area contributed by atoms with Crippen LogP contribution in [-0.4, -0.2) is 4.92 Å². The number of rotatable bonds is 2. The van der Waals surface area contributed by atoms with Crippen molar-refractivity contribution in [3.05, 3.63) is 38.9 Å². The summed E-state index contributed by atoms with van der Waals surface area (Å²) in [5.41, 5.74) is -0.00193. The standard InChI is InChI=1S/C7H5ClFNO2/c8-6-2-1-5(4-9)3-7(6)10(11)12/h1-3H,4H2. The molecule has 0 radical (unpaired) electrons. The van der Waals surface area contributed by atoms with E-state index >= 15 is 0 Å². The Morgan fingerprint density at radius 1 is 1.58 bits per heavy atom. The van der Waals surface area contributed by atoms with Crippen molar-refractivity contribution in [3.8, 4) is 0 Å². The second-order valence-electron chi connectivity index (χ2n) is 2.18. The summed E-state index contributed by atoms with van der Waals surface area (Å²) in [6.45, 7) is -0.724. The predicted octanol–water partition coefficient (Wildman–Crippen LogP) is 2.72. The lowest BCUT2D eigenvalue weighted by Crippen LogP contribution is -1.90. The van der Waals surface area contributed by atoms with E-state index in [-0.39, 0.29) is 16.3 Å². The van der Waals surface area contributed by atoms with Gasteiger partial charge in [0, 0.05) is 6.07 Å². The van der Waals surface area contributed by atoms with Crippen LogP contribution in [0, 0.1) is 10.1 Å². The van der Waals surface area contributed by atoms with Gasteiger partial charge in [-0.1, -0.05) is 17.7 Å². The van der Waals surface area contributed by atoms with E-state index < -0.39 is 11.6 Å². The molecule has 0 aliphatic rings. The SMILES string of the molecule is O=[N+]([O-])c1cc(CF)ccc1Cl. The lowest BCUT2D eigenvalue weighted by Gasteiger charge is -1.96. The Hall–Kier alpha value is -1.16. The molecule has 1 aromatic rings. The largest absolute Gasteiger partial charge is 0.288 e. The number of benzene rings is 1. The summed E-state index contributed by atoms with van der Waals surface area (Å²) in [4.78, 5) is 9.65. The first-order chi connectivity index (χ1) is 5.65. The summed E-state index contributed by atoms with van der Waals surface area (Å²) in [5, 5.41) is 10.3. The average molecular weight is 190 g/mol. The van der Waals surface area contributed by atoms with E-state index in [1.807, 2.05) is 0 Å². The minimum absolute atomic E-state index is 0.0252. The van der Waals surface area contributed by atoms with Crippen LogP contribution < -0.4 is 0 Å². The number of nitro benzene ring substituents is 1. The van der Waals surface area contributed by atoms with Crippen molar-refractivity contribution in [2.24, 2.45) is 0 Å². The molecule has 12 heavy (non-hydrogen) atoms. The Morgan fingerprint density at radius 3 is 2.75 bits per heavy atom. The molecule has 0 aliphatic carbocycles. The van der Waals surface area contributed by atoms with Crippen LogP contribution in [0.25, 0.3) is 0 Å². The number of nitro groups is 1. The van der Waals surface area contributed by atoms with Crippen LogP contribution in [0.4, 0.5) is 10.1 Å². The highest BCUT2D eigenvalue weighted by Crippen LogP contribution is 2.25. The molecule has 0 aliphatic heterocycles. The highest BCUT2D eigenvalue weighted by Gasteiger charge is 2.11. The highest BCUT2D eigenvalue weighted by atomic mass is 35.5. The van der Waals surface area contributed by atoms with E-state index in [4.69, 9.17) is 11.6 Å². The molecule has 0 atom stereocenters. The predicted molar refractivity (Wildman–Crippen MR) is 42.9 cm³/mol. The number of hydrogen-bond acceptors (Lipinski definition) is 2. The molecule has 5 heteroatoms. The van der Waals surface area contributed by atoms with Gasteiger partial charge in [-0.25, -0.2) is 4.39 Å². The Bertz CT molecular complexity index is 316. The van der Waals surface area contributed by atoms with Crippen molar-refractivity contribution in [1.29, 1.82) is 0 Å². The molecule has 0 spiro atoms. The third kappa shape index (κ3) is 1.71. The van der Waals surface area contributed by atoms with Crippen molar-refractivity contribution >= 4 is 17.3 Å². The van der Waals surface area contributed by atoms with Crippen molar-refractivity contribution in [1.82, 2.24) is 0 Å². The first-order valence-corrected chi connectivity index (χ1v) is 3.51. The first kappa shape index (κ1) is 8.93. The Labute approximate surface area is 72.9 Å². The van der Waals surface area contributed by atoms with Crippen molar-refractivity contribution in [2.45, 2.75) is 6.67 Å². The van der Waals surface area contributed by atoms with Gasteiger partial charge in [0.05, 0.1) is 4.92 Å². The zero-order valence-electron chi connectivity index (χ0n) is 5.96. The average Bonchev–Trinajstić information content (AvgIpc) is 2.05. The zero-order chi connectivity index (χ0) is 9.14. The molecule has 64 valence electrons. The normalized spacial score (nSPS) is 9.83. The molecule has 3 nitrogen and oxygen atoms in total. The van der Waals surface area contributed by atoms with Crippen molar-refractivity contribution in [2.75, 3.05) is 0 Å². The lowest BCUT2D eigenvalue weighted by atomic mass is 10.2. The smallest absolute Gasteiger partial charge is 0.258 e. The van der Waals surface area contributed by atoms with E-state index in [0.29, 0.717) is 0 Å². The highest BCUT2D eigenvalue weighted by molar-refractivity contribution is 6.32. The zero-order valence-corrected chi connectivity index (χ0v) is 6.71. The fraction of sp³-hybridized carbons (Fsp3) is 0.143. The van der Waals surface area contributed by atoms with Gasteiger partial charge in [0.15, 0.2) is 0 Å². The number of hydrogen-bond donors (Lipinski definition) is 0. The Morgan fingerprint density at radius 2 is 2.25 bits per heavy atom. The fourth-order valence-electron chi connectivity index (χ4n) is 0.781. The first-order valence-electron chi connectivity index (χ1n) is 3.14. The van der Waals surface area contributed by atoms with Crippen LogP contribution >= 0.6 is 11.6 Å². The van der Waals surface area contributed by atoms with Crippen molar-refractivity contribution in [3.63, 3.8) is 0 Å². The number of halogens is 2. The molecule has 0 bridgehead atoms. The van der Waals surface area contributed by atoms with Crippen LogP contribution in [-0.2, 0) is 6.67 Å². The molecule has 0 unspecified atom stereocenters. The molecule has 1 rings (SSSR count). The van der Waals surface area contributed by atoms with Gasteiger partial charge in [-0.15, -0.1) is 0 Å². The monoisotopic (exact) mass is 189 g/mol. The van der Waals surface area contributed by atoms with Crippen LogP contribution in [0.5, 0.6) is 0 Å². The number of alkyl halides is 1. The molecule has 0 aromatic heterocycles. The van der Waals surface area contributed by atoms with Crippen LogP contribution in [0.15, 0.2) is 18.2 Å². The second-order valence-corrected chi connectivity index (χ2v) is 2.58. The summed E-state index contributed by atoms with van der Waals surface area (Å²) in [6, 6.07) is 3.85. The molecule has 0 saturated heterocycles. The van der Waals surface area contributed by atoms with Gasteiger partial charge in [-0.05, 0) is 11.6 Å². The van der Waals surface area contributed by atoms with E-state index in [9.17, 15) is 14.5 Å². The van der Waals surface area contributed by atoms with E-state index in [0.717, 1.165) is 6.07 Å². The van der Waals surface area contributed by atoms with Crippen LogP contribution in [0.2, 0.25) is 5.02 Å². The Balaban J connectivity index is 3.17. The van der Waals surface area contributed by atoms with Gasteiger partial charge in [-0.3, -0.25) is 10.1 Å². The van der Waals surface area contributed by atoms with Crippen LogP contribution in [0.3, 0.4) is 0 Å². The second kappa shape index (κ2) is 3.49. The minimum atomic E-state index is -0.724. The summed E-state index contributed by atoms with van der Waals surface area (Å²) in [7, 11) is 0. The maximum atomic E-state index is 12.0. The third-order valence-corrected chi connectivity index (χ3v) is 1.68. The van der Waals surface area contributed by atoms with Crippen molar-refractivity contribution < 1.29 is 9.31 Å². The quantitative estimate of drug-likeness (QED) is 0.530. The van der Waals surface area contributed by atoms with E-state index in [1.165, 1.54) is 12.1 Å². The molecule has 0 amide bonds. The van der Waals surface area contributed by atoms with Gasteiger partial charge in [0.1, 0.15) is 11.7 Å². The lowest BCUT2D eigenvalue weighted by molar-refractivity contribution is -0.384. The molecule has 0 N–H and O–H groups in total. The molecule has 0 heterocycles. The molecular formula is C7H5ClFNO2. The van der Waals surface area contributed by atoms with Crippen LogP contribution in [0.1, 0.15) is 5.56 Å². The van der Waals surface area contributed by atoms with Gasteiger partial charge in [-0.2, -0.15) is 0 Å². The van der Waals surface area contributed by atoms with Gasteiger partial charge in [0.2, 0.25) is 0 Å². The number of nitrogens with zero attached hydrogens (tertiary/aromatic N) is 1. The van der Waals surface area contributed by atoms with Gasteiger partial charge >= 0.3 is 0 Å². The summed E-state index contributed by atoms with van der Waals surface area (Å²) >= 11 is 5.48. The Kier molecular flexibility index (Phi) is 2.60. The summed E-state index contributed by atoms with van der Waals surface area (Å²) in [5.74, 6) is 0. The molecule has 0 saturated carbocycles. The molecule has 1 aromatic carbocycles. The van der Waals surface area contributed by atoms with E-state index in [2.05, 4.69) is 0 Å². The van der Waals surface area contributed by atoms with Gasteiger partial charge in [0.25, 0.3) is 5.69 Å². The fourth-order valence-corrected chi connectivity index (χ4v) is 0.968. The van der Waals surface area contributed by atoms with Gasteiger partial charge < -0.3 is 0 Å². The summed E-state index contributed by atoms with van der Waals surface area (Å²) in [6.07, 6.45) is 0. The topological polar surface area (TPSA) is 43.1 Å². The maximum absolute atomic E-state index is 12.0. The minimum Gasteiger partial charge on any atom is -0.258 e.